The molecule has 0 aliphatic rings. The number of hydrogen-bond donors (Lipinski definition) is 1. The molecule has 2 aromatic rings. The molecule has 2 rings (SSSR count). The van der Waals surface area contributed by atoms with E-state index in [0.717, 1.165) is 0 Å². The quantitative estimate of drug-likeness (QED) is 0.923. The molecular weight excluding hydrogens is 301 g/mol. The highest BCUT2D eigenvalue weighted by atomic mass is 35.5. The van der Waals surface area contributed by atoms with Crippen molar-refractivity contribution in [1.29, 1.82) is 0 Å². The summed E-state index contributed by atoms with van der Waals surface area (Å²) < 4.78 is 7.00. The van der Waals surface area contributed by atoms with Crippen LogP contribution in [0.3, 0.4) is 0 Å². The summed E-state index contributed by atoms with van der Waals surface area (Å²) in [6.45, 7) is 2.51. The molecule has 20 heavy (non-hydrogen) atoms. The van der Waals surface area contributed by atoms with E-state index in [0.29, 0.717) is 28.0 Å². The van der Waals surface area contributed by atoms with Gasteiger partial charge in [-0.2, -0.15) is 5.10 Å². The van der Waals surface area contributed by atoms with Crippen LogP contribution in [0.5, 0.6) is 5.75 Å². The van der Waals surface area contributed by atoms with Crippen molar-refractivity contribution in [3.05, 3.63) is 46.2 Å². The van der Waals surface area contributed by atoms with Crippen LogP contribution in [0, 0.1) is 0 Å². The molecule has 0 saturated carbocycles. The van der Waals surface area contributed by atoms with Gasteiger partial charge in [0.05, 0.1) is 10.0 Å². The van der Waals surface area contributed by atoms with E-state index in [-0.39, 0.29) is 12.6 Å². The molecule has 0 fully saturated rings. The number of nitrogens with one attached hydrogen (secondary N) is 1. The number of halogens is 2. The van der Waals surface area contributed by atoms with Crippen molar-refractivity contribution in [3.8, 4) is 5.75 Å². The van der Waals surface area contributed by atoms with Crippen molar-refractivity contribution in [1.82, 2.24) is 15.1 Å². The van der Waals surface area contributed by atoms with E-state index in [4.69, 9.17) is 27.9 Å². The molecule has 0 saturated heterocycles. The van der Waals surface area contributed by atoms with Gasteiger partial charge in [0.1, 0.15) is 5.69 Å². The average molecular weight is 314 g/mol. The Morgan fingerprint density at radius 2 is 2.05 bits per heavy atom. The SMILES string of the molecule is CCNC(=O)c1ccn(COc2c(Cl)cccc2Cl)n1. The molecule has 5 nitrogen and oxygen atoms in total. The van der Waals surface area contributed by atoms with Crippen molar-refractivity contribution < 1.29 is 9.53 Å². The summed E-state index contributed by atoms with van der Waals surface area (Å²) in [4.78, 5) is 11.6. The fraction of sp³-hybridized carbons (Fsp3) is 0.231. The van der Waals surface area contributed by atoms with Crippen LogP contribution in [-0.4, -0.2) is 22.2 Å². The molecule has 1 aromatic heterocycles. The van der Waals surface area contributed by atoms with Crippen LogP contribution >= 0.6 is 23.2 Å². The first kappa shape index (κ1) is 14.7. The maximum atomic E-state index is 11.6. The van der Waals surface area contributed by atoms with Gasteiger partial charge in [-0.25, -0.2) is 4.68 Å². The third-order valence-corrected chi connectivity index (χ3v) is 3.07. The third kappa shape index (κ3) is 3.43. The lowest BCUT2D eigenvalue weighted by molar-refractivity contribution is 0.0949. The van der Waals surface area contributed by atoms with Gasteiger partial charge in [-0.15, -0.1) is 0 Å². The summed E-state index contributed by atoms with van der Waals surface area (Å²) in [6.07, 6.45) is 1.65. The standard InChI is InChI=1S/C13H13Cl2N3O2/c1-2-16-13(19)11-6-7-18(17-11)8-20-12-9(14)4-3-5-10(12)15/h3-7H,2,8H2,1H3,(H,16,19). The summed E-state index contributed by atoms with van der Waals surface area (Å²) in [5, 5.41) is 7.62. The molecule has 0 aliphatic carbocycles. The van der Waals surface area contributed by atoms with E-state index < -0.39 is 0 Å². The Balaban J connectivity index is 2.03. The van der Waals surface area contributed by atoms with Gasteiger partial charge in [0.15, 0.2) is 12.5 Å². The number of nitrogens with zero attached hydrogens (tertiary/aromatic N) is 2. The summed E-state index contributed by atoms with van der Waals surface area (Å²) in [7, 11) is 0. The Kier molecular flexibility index (Phi) is 4.87. The Labute approximate surface area is 126 Å². The fourth-order valence-corrected chi connectivity index (χ4v) is 2.06. The normalized spacial score (nSPS) is 10.3. The molecule has 1 amide bonds. The van der Waals surface area contributed by atoms with Crippen LogP contribution in [0.15, 0.2) is 30.5 Å². The van der Waals surface area contributed by atoms with E-state index in [1.165, 1.54) is 4.68 Å². The smallest absolute Gasteiger partial charge is 0.271 e. The van der Waals surface area contributed by atoms with Crippen molar-refractivity contribution >= 4 is 29.1 Å². The van der Waals surface area contributed by atoms with Crippen molar-refractivity contribution in [2.24, 2.45) is 0 Å². The van der Waals surface area contributed by atoms with Crippen LogP contribution in [0.2, 0.25) is 10.0 Å². The lowest BCUT2D eigenvalue weighted by atomic mass is 10.3. The zero-order valence-corrected chi connectivity index (χ0v) is 12.3. The Bertz CT molecular complexity index is 593. The van der Waals surface area contributed by atoms with Crippen LogP contribution in [0.4, 0.5) is 0 Å². The number of amides is 1. The number of ether oxygens (including phenoxy) is 1. The topological polar surface area (TPSA) is 56.2 Å². The van der Waals surface area contributed by atoms with E-state index in [9.17, 15) is 4.79 Å². The molecular formula is C13H13Cl2N3O2. The molecule has 0 atom stereocenters. The van der Waals surface area contributed by atoms with Crippen molar-refractivity contribution in [2.75, 3.05) is 6.54 Å². The highest BCUT2D eigenvalue weighted by molar-refractivity contribution is 6.37. The second-order valence-corrected chi connectivity index (χ2v) is 4.74. The highest BCUT2D eigenvalue weighted by Gasteiger charge is 2.10. The van der Waals surface area contributed by atoms with Crippen LogP contribution < -0.4 is 10.1 Å². The second-order valence-electron chi connectivity index (χ2n) is 3.92. The predicted octanol–water partition coefficient (Wildman–Crippen LogP) is 2.98. The van der Waals surface area contributed by atoms with Gasteiger partial charge in [0.2, 0.25) is 0 Å². The number of benzene rings is 1. The molecule has 1 N–H and O–H groups in total. The van der Waals surface area contributed by atoms with Crippen LogP contribution in [0.25, 0.3) is 0 Å². The first-order valence-electron chi connectivity index (χ1n) is 6.00. The molecule has 0 unspecified atom stereocenters. The number of aromatic nitrogens is 2. The molecule has 1 heterocycles. The number of para-hydroxylation sites is 1. The first-order chi connectivity index (χ1) is 9.61. The van der Waals surface area contributed by atoms with Gasteiger partial charge < -0.3 is 10.1 Å². The number of hydrogen-bond acceptors (Lipinski definition) is 3. The van der Waals surface area contributed by atoms with E-state index >= 15 is 0 Å². The molecule has 0 aliphatic heterocycles. The van der Waals surface area contributed by atoms with Gasteiger partial charge in [-0.05, 0) is 25.1 Å². The molecule has 0 spiro atoms. The number of rotatable bonds is 5. The Morgan fingerprint density at radius 3 is 2.70 bits per heavy atom. The van der Waals surface area contributed by atoms with E-state index in [1.54, 1.807) is 30.5 Å². The summed E-state index contributed by atoms with van der Waals surface area (Å²) in [5.41, 5.74) is 0.334. The Hall–Kier alpha value is -1.72. The number of carbonyl (C=O) groups excluding carboxylic acids is 1. The maximum absolute atomic E-state index is 11.6. The first-order valence-corrected chi connectivity index (χ1v) is 6.76. The minimum Gasteiger partial charge on any atom is -0.468 e. The second kappa shape index (κ2) is 6.63. The summed E-state index contributed by atoms with van der Waals surface area (Å²) >= 11 is 12.0. The van der Waals surface area contributed by atoms with Gasteiger partial charge in [0, 0.05) is 12.7 Å². The largest absolute Gasteiger partial charge is 0.468 e. The minimum absolute atomic E-state index is 0.114. The van der Waals surface area contributed by atoms with Crippen LogP contribution in [0.1, 0.15) is 17.4 Å². The van der Waals surface area contributed by atoms with E-state index in [2.05, 4.69) is 10.4 Å². The molecule has 106 valence electrons. The zero-order chi connectivity index (χ0) is 14.5. The lowest BCUT2D eigenvalue weighted by Crippen LogP contribution is -2.23. The van der Waals surface area contributed by atoms with Crippen molar-refractivity contribution in [2.45, 2.75) is 13.7 Å². The molecule has 0 bridgehead atoms. The summed E-state index contributed by atoms with van der Waals surface area (Å²) in [6, 6.07) is 6.72. The number of carbonyl (C=O) groups is 1. The minimum atomic E-state index is -0.220. The highest BCUT2D eigenvalue weighted by Crippen LogP contribution is 2.32. The van der Waals surface area contributed by atoms with Crippen LogP contribution in [-0.2, 0) is 6.73 Å². The van der Waals surface area contributed by atoms with E-state index in [1.807, 2.05) is 6.92 Å². The van der Waals surface area contributed by atoms with Gasteiger partial charge in [0.25, 0.3) is 5.91 Å². The summed E-state index contributed by atoms with van der Waals surface area (Å²) in [5.74, 6) is 0.174. The maximum Gasteiger partial charge on any atom is 0.271 e. The third-order valence-electron chi connectivity index (χ3n) is 2.47. The Morgan fingerprint density at radius 1 is 1.35 bits per heavy atom. The molecule has 0 radical (unpaired) electrons. The predicted molar refractivity (Wildman–Crippen MR) is 77.3 cm³/mol. The zero-order valence-electron chi connectivity index (χ0n) is 10.8. The van der Waals surface area contributed by atoms with Gasteiger partial charge in [-0.3, -0.25) is 4.79 Å². The monoisotopic (exact) mass is 313 g/mol. The van der Waals surface area contributed by atoms with Gasteiger partial charge >= 0.3 is 0 Å². The van der Waals surface area contributed by atoms with Crippen molar-refractivity contribution in [3.63, 3.8) is 0 Å². The molecule has 1 aromatic carbocycles. The molecule has 7 heteroatoms. The lowest BCUT2D eigenvalue weighted by Gasteiger charge is -2.09. The average Bonchev–Trinajstić information content (AvgIpc) is 2.87. The van der Waals surface area contributed by atoms with Gasteiger partial charge in [-0.1, -0.05) is 29.3 Å². The fourth-order valence-electron chi connectivity index (χ4n) is 1.56.